The Balaban J connectivity index is 1.55. The van der Waals surface area contributed by atoms with Crippen molar-refractivity contribution in [2.24, 2.45) is 10.7 Å². The van der Waals surface area contributed by atoms with Crippen molar-refractivity contribution in [3.8, 4) is 0 Å². The third-order valence-corrected chi connectivity index (χ3v) is 4.63. The molecule has 2 aliphatic heterocycles. The molecule has 0 radical (unpaired) electrons. The van der Waals surface area contributed by atoms with Crippen LogP contribution in [0.4, 0.5) is 0 Å². The molecule has 2 aliphatic rings. The van der Waals surface area contributed by atoms with E-state index in [1.807, 2.05) is 11.8 Å². The molecule has 0 aromatic carbocycles. The predicted octanol–water partition coefficient (Wildman–Crippen LogP) is 1.23. The van der Waals surface area contributed by atoms with E-state index in [0.29, 0.717) is 0 Å². The number of unbranched alkanes of at least 4 members (excludes halogenated alkanes) is 1. The first-order chi connectivity index (χ1) is 8.86. The molecule has 0 spiro atoms. The van der Waals surface area contributed by atoms with E-state index in [1.165, 1.54) is 56.8 Å². The minimum atomic E-state index is 0.761. The summed E-state index contributed by atoms with van der Waals surface area (Å²) in [5, 5.41) is 0. The van der Waals surface area contributed by atoms with Gasteiger partial charge in [-0.1, -0.05) is 0 Å². The Morgan fingerprint density at radius 2 is 1.78 bits per heavy atom. The second kappa shape index (κ2) is 7.89. The van der Waals surface area contributed by atoms with Crippen LogP contribution in [0.15, 0.2) is 4.99 Å². The van der Waals surface area contributed by atoms with Gasteiger partial charge in [0.25, 0.3) is 0 Å². The summed E-state index contributed by atoms with van der Waals surface area (Å²) in [6, 6.07) is 0. The lowest BCUT2D eigenvalue weighted by atomic mass is 10.3. The third kappa shape index (κ3) is 4.69. The average molecular weight is 270 g/mol. The lowest BCUT2D eigenvalue weighted by Crippen LogP contribution is -2.42. The number of hydrogen-bond acceptors (Lipinski definition) is 3. The summed E-state index contributed by atoms with van der Waals surface area (Å²) >= 11 is 2.00. The number of thioether (sulfide) groups is 1. The van der Waals surface area contributed by atoms with Gasteiger partial charge < -0.3 is 15.5 Å². The smallest absolute Gasteiger partial charge is 0.191 e. The van der Waals surface area contributed by atoms with Gasteiger partial charge in [-0.05, 0) is 45.3 Å². The zero-order chi connectivity index (χ0) is 12.6. The normalized spacial score (nSPS) is 22.7. The van der Waals surface area contributed by atoms with Crippen molar-refractivity contribution >= 4 is 17.7 Å². The number of aliphatic imine (C=N–C) groups is 1. The van der Waals surface area contributed by atoms with Crippen molar-refractivity contribution in [1.29, 1.82) is 0 Å². The van der Waals surface area contributed by atoms with E-state index < -0.39 is 0 Å². The largest absolute Gasteiger partial charge is 0.370 e. The Labute approximate surface area is 115 Å². The number of guanidine groups is 1. The van der Waals surface area contributed by atoms with Crippen molar-refractivity contribution in [2.75, 3.05) is 50.8 Å². The van der Waals surface area contributed by atoms with Gasteiger partial charge in [-0.25, -0.2) is 0 Å². The Morgan fingerprint density at radius 1 is 1.06 bits per heavy atom. The summed E-state index contributed by atoms with van der Waals surface area (Å²) in [6.07, 6.45) is 5.20. The molecule has 0 aromatic rings. The molecule has 2 N–H and O–H groups in total. The molecule has 2 saturated heterocycles. The summed E-state index contributed by atoms with van der Waals surface area (Å²) in [6.45, 7) is 6.87. The molecule has 5 heteroatoms. The quantitative estimate of drug-likeness (QED) is 0.463. The lowest BCUT2D eigenvalue weighted by molar-refractivity contribution is 0.331. The predicted molar refractivity (Wildman–Crippen MR) is 80.3 cm³/mol. The first-order valence-electron chi connectivity index (χ1n) is 7.21. The maximum atomic E-state index is 6.01. The van der Waals surface area contributed by atoms with Crippen LogP contribution in [-0.4, -0.2) is 66.5 Å². The highest BCUT2D eigenvalue weighted by atomic mass is 32.2. The van der Waals surface area contributed by atoms with E-state index in [1.54, 1.807) is 0 Å². The van der Waals surface area contributed by atoms with Gasteiger partial charge in [-0.2, -0.15) is 11.8 Å². The minimum absolute atomic E-state index is 0.761. The molecule has 18 heavy (non-hydrogen) atoms. The Kier molecular flexibility index (Phi) is 6.14. The monoisotopic (exact) mass is 270 g/mol. The summed E-state index contributed by atoms with van der Waals surface area (Å²) < 4.78 is 0. The molecule has 0 aliphatic carbocycles. The van der Waals surface area contributed by atoms with Gasteiger partial charge in [0.1, 0.15) is 0 Å². The van der Waals surface area contributed by atoms with Crippen LogP contribution in [0.2, 0.25) is 0 Å². The molecule has 0 atom stereocenters. The number of nitrogens with zero attached hydrogens (tertiary/aromatic N) is 3. The van der Waals surface area contributed by atoms with E-state index in [2.05, 4.69) is 14.8 Å². The summed E-state index contributed by atoms with van der Waals surface area (Å²) in [4.78, 5) is 9.29. The fourth-order valence-corrected chi connectivity index (χ4v) is 3.44. The zero-order valence-electron chi connectivity index (χ0n) is 11.3. The van der Waals surface area contributed by atoms with E-state index in [4.69, 9.17) is 5.73 Å². The Morgan fingerprint density at radius 3 is 2.50 bits per heavy atom. The van der Waals surface area contributed by atoms with Gasteiger partial charge in [0, 0.05) is 31.1 Å². The topological polar surface area (TPSA) is 44.9 Å². The van der Waals surface area contributed by atoms with E-state index >= 15 is 0 Å². The Bertz CT molecular complexity index is 258. The van der Waals surface area contributed by atoms with E-state index in [0.717, 1.165) is 25.6 Å². The van der Waals surface area contributed by atoms with Crippen LogP contribution in [0.1, 0.15) is 25.7 Å². The number of likely N-dealkylation sites (tertiary alicyclic amines) is 1. The van der Waals surface area contributed by atoms with Crippen molar-refractivity contribution in [3.05, 3.63) is 0 Å². The lowest BCUT2D eigenvalue weighted by Gasteiger charge is -2.27. The molecule has 2 rings (SSSR count). The van der Waals surface area contributed by atoms with Crippen molar-refractivity contribution in [1.82, 2.24) is 9.80 Å². The minimum Gasteiger partial charge on any atom is -0.370 e. The van der Waals surface area contributed by atoms with Crippen LogP contribution in [-0.2, 0) is 0 Å². The van der Waals surface area contributed by atoms with Crippen molar-refractivity contribution in [2.45, 2.75) is 25.7 Å². The molecular formula is C13H26N4S. The van der Waals surface area contributed by atoms with Crippen molar-refractivity contribution < 1.29 is 0 Å². The summed E-state index contributed by atoms with van der Waals surface area (Å²) in [5.41, 5.74) is 6.01. The van der Waals surface area contributed by atoms with Crippen LogP contribution in [0, 0.1) is 0 Å². The van der Waals surface area contributed by atoms with Gasteiger partial charge in [-0.3, -0.25) is 4.99 Å². The van der Waals surface area contributed by atoms with Crippen LogP contribution in [0.5, 0.6) is 0 Å². The molecule has 0 unspecified atom stereocenters. The van der Waals surface area contributed by atoms with E-state index in [-0.39, 0.29) is 0 Å². The van der Waals surface area contributed by atoms with Crippen LogP contribution in [0.25, 0.3) is 0 Å². The first-order valence-corrected chi connectivity index (χ1v) is 8.37. The highest BCUT2D eigenvalue weighted by Crippen LogP contribution is 2.09. The fourth-order valence-electron chi connectivity index (χ4n) is 2.54. The highest BCUT2D eigenvalue weighted by Gasteiger charge is 2.12. The fraction of sp³-hybridized carbons (Fsp3) is 0.923. The van der Waals surface area contributed by atoms with Crippen LogP contribution >= 0.6 is 11.8 Å². The van der Waals surface area contributed by atoms with Gasteiger partial charge in [0.2, 0.25) is 0 Å². The molecule has 104 valence electrons. The standard InChI is InChI=1S/C13H26N4S/c14-13(17-9-11-18-12-10-17)15-5-1-2-6-16-7-3-4-8-16/h1-12H2,(H2,14,15). The number of rotatable bonds is 5. The Hall–Kier alpha value is -0.420. The number of nitrogens with two attached hydrogens (primary N) is 1. The van der Waals surface area contributed by atoms with Crippen LogP contribution in [0.3, 0.4) is 0 Å². The molecule has 0 aromatic heterocycles. The van der Waals surface area contributed by atoms with Gasteiger partial charge in [-0.15, -0.1) is 0 Å². The molecule has 0 amide bonds. The third-order valence-electron chi connectivity index (χ3n) is 3.69. The van der Waals surface area contributed by atoms with Crippen LogP contribution < -0.4 is 5.73 Å². The molecule has 2 fully saturated rings. The molecule has 4 nitrogen and oxygen atoms in total. The summed E-state index contributed by atoms with van der Waals surface area (Å²) in [7, 11) is 0. The second-order valence-electron chi connectivity index (χ2n) is 5.10. The van der Waals surface area contributed by atoms with Crippen molar-refractivity contribution in [3.63, 3.8) is 0 Å². The maximum Gasteiger partial charge on any atom is 0.191 e. The highest BCUT2D eigenvalue weighted by molar-refractivity contribution is 7.99. The molecular weight excluding hydrogens is 244 g/mol. The number of hydrogen-bond donors (Lipinski definition) is 1. The van der Waals surface area contributed by atoms with Gasteiger partial charge in [0.05, 0.1) is 0 Å². The first kappa shape index (κ1) is 14.0. The molecule has 0 bridgehead atoms. The van der Waals surface area contributed by atoms with E-state index in [9.17, 15) is 0 Å². The second-order valence-corrected chi connectivity index (χ2v) is 6.32. The van der Waals surface area contributed by atoms with Gasteiger partial charge >= 0.3 is 0 Å². The maximum absolute atomic E-state index is 6.01. The SMILES string of the molecule is NC(=NCCCCN1CCCC1)N1CCSCC1. The van der Waals surface area contributed by atoms with Gasteiger partial charge in [0.15, 0.2) is 5.96 Å². The summed E-state index contributed by atoms with van der Waals surface area (Å²) in [5.74, 6) is 3.13. The molecule has 0 saturated carbocycles. The molecule has 2 heterocycles. The zero-order valence-corrected chi connectivity index (χ0v) is 12.1. The average Bonchev–Trinajstić information content (AvgIpc) is 2.92.